The van der Waals surface area contributed by atoms with E-state index in [-0.39, 0.29) is 5.56 Å². The molecule has 0 unspecified atom stereocenters. The largest absolute Gasteiger partial charge is 0.389 e. The fourth-order valence-electron chi connectivity index (χ4n) is 1.52. The van der Waals surface area contributed by atoms with Gasteiger partial charge in [0.05, 0.1) is 6.33 Å². The van der Waals surface area contributed by atoms with Crippen molar-refractivity contribution in [3.05, 3.63) is 52.6 Å². The molecular weight excluding hydrogens is 248 g/mol. The first-order valence-electron chi connectivity index (χ1n) is 5.26. The topological polar surface area (TPSA) is 75.0 Å². The molecule has 0 bridgehead atoms. The number of nitrogens with zero attached hydrogens (tertiary/aromatic N) is 2. The molecule has 3 N–H and O–H groups in total. The van der Waals surface area contributed by atoms with Crippen molar-refractivity contribution >= 4 is 28.7 Å². The van der Waals surface area contributed by atoms with E-state index in [0.717, 1.165) is 11.3 Å². The molecule has 6 heteroatoms. The van der Waals surface area contributed by atoms with Gasteiger partial charge in [0.1, 0.15) is 10.8 Å². The molecule has 0 aliphatic carbocycles. The van der Waals surface area contributed by atoms with Gasteiger partial charge in [0, 0.05) is 24.4 Å². The third-order valence-corrected chi connectivity index (χ3v) is 2.78. The van der Waals surface area contributed by atoms with Crippen LogP contribution >= 0.6 is 12.2 Å². The average Bonchev–Trinajstić information content (AvgIpc) is 2.38. The minimum Gasteiger partial charge on any atom is -0.389 e. The lowest BCUT2D eigenvalue weighted by molar-refractivity contribution is 1.05. The van der Waals surface area contributed by atoms with Gasteiger partial charge in [0.15, 0.2) is 0 Å². The summed E-state index contributed by atoms with van der Waals surface area (Å²) in [5.74, 6) is 0.571. The van der Waals surface area contributed by atoms with E-state index >= 15 is 0 Å². The molecule has 1 heterocycles. The number of aromatic amines is 1. The summed E-state index contributed by atoms with van der Waals surface area (Å²) < 4.78 is 0. The number of benzene rings is 1. The smallest absolute Gasteiger partial charge is 0.252 e. The Morgan fingerprint density at radius 3 is 2.61 bits per heavy atom. The normalized spacial score (nSPS) is 10.1. The average molecular weight is 260 g/mol. The van der Waals surface area contributed by atoms with Gasteiger partial charge < -0.3 is 15.6 Å². The molecule has 0 atom stereocenters. The summed E-state index contributed by atoms with van der Waals surface area (Å²) in [6.07, 6.45) is 1.37. The summed E-state index contributed by atoms with van der Waals surface area (Å²) in [7, 11) is 1.83. The Balaban J connectivity index is 2.31. The third-order valence-electron chi connectivity index (χ3n) is 2.55. The molecule has 0 saturated heterocycles. The molecule has 1 aromatic heterocycles. The van der Waals surface area contributed by atoms with Crippen molar-refractivity contribution in [1.29, 1.82) is 0 Å². The lowest BCUT2D eigenvalue weighted by Gasteiger charge is -2.17. The second-order valence-corrected chi connectivity index (χ2v) is 4.18. The lowest BCUT2D eigenvalue weighted by Crippen LogP contribution is -2.16. The van der Waals surface area contributed by atoms with Crippen LogP contribution in [0.3, 0.4) is 0 Å². The molecule has 0 spiro atoms. The Morgan fingerprint density at radius 1 is 1.39 bits per heavy atom. The quantitative estimate of drug-likeness (QED) is 0.810. The highest BCUT2D eigenvalue weighted by Gasteiger charge is 2.06. The Labute approximate surface area is 109 Å². The molecule has 5 nitrogen and oxygen atoms in total. The zero-order valence-corrected chi connectivity index (χ0v) is 10.6. The second kappa shape index (κ2) is 4.97. The molecular formula is C12H12N4OS. The number of anilines is 2. The molecule has 0 fully saturated rings. The van der Waals surface area contributed by atoms with Crippen LogP contribution in [0.2, 0.25) is 0 Å². The van der Waals surface area contributed by atoms with Gasteiger partial charge in [-0.25, -0.2) is 4.98 Å². The summed E-state index contributed by atoms with van der Waals surface area (Å²) in [6.45, 7) is 0. The number of hydrogen-bond donors (Lipinski definition) is 2. The first-order chi connectivity index (χ1) is 8.58. The van der Waals surface area contributed by atoms with Gasteiger partial charge in [0.25, 0.3) is 5.56 Å². The molecule has 0 saturated carbocycles. The van der Waals surface area contributed by atoms with E-state index in [1.54, 1.807) is 4.90 Å². The number of nitrogens with one attached hydrogen (secondary N) is 1. The van der Waals surface area contributed by atoms with Crippen molar-refractivity contribution in [2.45, 2.75) is 0 Å². The van der Waals surface area contributed by atoms with Gasteiger partial charge >= 0.3 is 0 Å². The number of nitrogens with two attached hydrogens (primary N) is 1. The van der Waals surface area contributed by atoms with Crippen molar-refractivity contribution in [2.24, 2.45) is 5.73 Å². The molecule has 0 amide bonds. The maximum atomic E-state index is 11.2. The Kier molecular flexibility index (Phi) is 3.38. The number of hydrogen-bond acceptors (Lipinski definition) is 4. The van der Waals surface area contributed by atoms with Crippen molar-refractivity contribution < 1.29 is 0 Å². The molecule has 18 heavy (non-hydrogen) atoms. The molecule has 2 rings (SSSR count). The van der Waals surface area contributed by atoms with Gasteiger partial charge in [-0.3, -0.25) is 4.79 Å². The molecule has 0 radical (unpaired) electrons. The standard InChI is InChI=1S/C12H12N4OS/c1-16(10-6-11(17)15-7-14-10)9-4-2-8(3-5-9)12(13)18/h2-7H,1H3,(H2,13,18)(H,14,15,17). The number of rotatable bonds is 3. The molecule has 0 aliphatic rings. The highest BCUT2D eigenvalue weighted by Crippen LogP contribution is 2.20. The summed E-state index contributed by atoms with van der Waals surface area (Å²) in [5.41, 5.74) is 7.05. The zero-order valence-electron chi connectivity index (χ0n) is 9.75. The number of thiocarbonyl (C=S) groups is 1. The summed E-state index contributed by atoms with van der Waals surface area (Å²) in [4.78, 5) is 19.9. The molecule has 0 aliphatic heterocycles. The molecule has 92 valence electrons. The minimum atomic E-state index is -0.188. The highest BCUT2D eigenvalue weighted by atomic mass is 32.1. The first kappa shape index (κ1) is 12.3. The van der Waals surface area contributed by atoms with E-state index < -0.39 is 0 Å². The van der Waals surface area contributed by atoms with Gasteiger partial charge in [-0.2, -0.15) is 0 Å². The predicted molar refractivity (Wildman–Crippen MR) is 75.3 cm³/mol. The van der Waals surface area contributed by atoms with Crippen molar-refractivity contribution in [3.8, 4) is 0 Å². The molecule has 2 aromatic rings. The first-order valence-corrected chi connectivity index (χ1v) is 5.67. The van der Waals surface area contributed by atoms with E-state index in [1.807, 2.05) is 31.3 Å². The number of H-pyrrole nitrogens is 1. The van der Waals surface area contributed by atoms with Crippen LogP contribution in [-0.2, 0) is 0 Å². The highest BCUT2D eigenvalue weighted by molar-refractivity contribution is 7.80. The van der Waals surface area contributed by atoms with E-state index in [0.29, 0.717) is 10.8 Å². The van der Waals surface area contributed by atoms with Crippen LogP contribution in [0, 0.1) is 0 Å². The zero-order chi connectivity index (χ0) is 13.1. The van der Waals surface area contributed by atoms with Crippen molar-refractivity contribution in [2.75, 3.05) is 11.9 Å². The van der Waals surface area contributed by atoms with E-state index in [9.17, 15) is 4.79 Å². The monoisotopic (exact) mass is 260 g/mol. The molecule has 1 aromatic carbocycles. The SMILES string of the molecule is CN(c1ccc(C(N)=S)cc1)c1cc(=O)[nH]cn1. The van der Waals surface area contributed by atoms with E-state index in [4.69, 9.17) is 18.0 Å². The summed E-state index contributed by atoms with van der Waals surface area (Å²) in [6, 6.07) is 8.85. The van der Waals surface area contributed by atoms with Crippen LogP contribution in [0.5, 0.6) is 0 Å². The van der Waals surface area contributed by atoms with Gasteiger partial charge in [-0.15, -0.1) is 0 Å². The van der Waals surface area contributed by atoms with E-state index in [1.165, 1.54) is 12.4 Å². The number of aromatic nitrogens is 2. The lowest BCUT2D eigenvalue weighted by atomic mass is 10.2. The Morgan fingerprint density at radius 2 is 2.06 bits per heavy atom. The Bertz CT molecular complexity index is 620. The van der Waals surface area contributed by atoms with Gasteiger partial charge in [-0.05, 0) is 24.3 Å². The summed E-state index contributed by atoms with van der Waals surface area (Å²) in [5, 5.41) is 0. The van der Waals surface area contributed by atoms with Crippen LogP contribution in [0.4, 0.5) is 11.5 Å². The van der Waals surface area contributed by atoms with Crippen molar-refractivity contribution in [3.63, 3.8) is 0 Å². The van der Waals surface area contributed by atoms with Crippen LogP contribution < -0.4 is 16.2 Å². The Hall–Kier alpha value is -2.21. The maximum Gasteiger partial charge on any atom is 0.252 e. The van der Waals surface area contributed by atoms with Crippen molar-refractivity contribution in [1.82, 2.24) is 9.97 Å². The third kappa shape index (κ3) is 2.54. The van der Waals surface area contributed by atoms with E-state index in [2.05, 4.69) is 9.97 Å². The van der Waals surface area contributed by atoms with Crippen LogP contribution in [0.1, 0.15) is 5.56 Å². The maximum absolute atomic E-state index is 11.2. The van der Waals surface area contributed by atoms with Gasteiger partial charge in [-0.1, -0.05) is 12.2 Å². The van der Waals surface area contributed by atoms with Crippen LogP contribution in [-0.4, -0.2) is 22.0 Å². The van der Waals surface area contributed by atoms with Gasteiger partial charge in [0.2, 0.25) is 0 Å². The fraction of sp³-hybridized carbons (Fsp3) is 0.0833. The summed E-state index contributed by atoms with van der Waals surface area (Å²) >= 11 is 4.89. The van der Waals surface area contributed by atoms with Crippen LogP contribution in [0.25, 0.3) is 0 Å². The second-order valence-electron chi connectivity index (χ2n) is 3.74. The van der Waals surface area contributed by atoms with Crippen LogP contribution in [0.15, 0.2) is 41.5 Å². The fourth-order valence-corrected chi connectivity index (χ4v) is 1.66. The minimum absolute atomic E-state index is 0.188. The predicted octanol–water partition coefficient (Wildman–Crippen LogP) is 1.17.